The van der Waals surface area contributed by atoms with Crippen molar-refractivity contribution in [3.8, 4) is 5.82 Å². The molecule has 3 heterocycles. The summed E-state index contributed by atoms with van der Waals surface area (Å²) in [7, 11) is 2.14. The van der Waals surface area contributed by atoms with Gasteiger partial charge in [0.15, 0.2) is 11.4 Å². The lowest BCUT2D eigenvalue weighted by atomic mass is 10.0. The standard InChI is InChI=1S/C18H21N5O3/c1-12(22-9-7-21(2)8-10-22)13-3-4-15-14(11-13)17(20-26-15)23-6-5-16(24)19-18(23)25/h3-6,11-12H,7-10H2,1-2H3,(H,19,24,25). The number of H-pyrrole nitrogens is 1. The van der Waals surface area contributed by atoms with Gasteiger partial charge < -0.3 is 9.42 Å². The predicted molar refractivity (Wildman–Crippen MR) is 97.7 cm³/mol. The number of nitrogens with one attached hydrogen (secondary N) is 1. The van der Waals surface area contributed by atoms with Gasteiger partial charge in [-0.1, -0.05) is 11.2 Å². The van der Waals surface area contributed by atoms with Crippen LogP contribution in [0.3, 0.4) is 0 Å². The number of hydrogen-bond donors (Lipinski definition) is 1. The Morgan fingerprint density at radius 2 is 1.92 bits per heavy atom. The number of fused-ring (bicyclic) bond motifs is 1. The van der Waals surface area contributed by atoms with Crippen molar-refractivity contribution in [3.63, 3.8) is 0 Å². The van der Waals surface area contributed by atoms with E-state index in [-0.39, 0.29) is 6.04 Å². The van der Waals surface area contributed by atoms with E-state index in [9.17, 15) is 9.59 Å². The van der Waals surface area contributed by atoms with Crippen LogP contribution in [0.4, 0.5) is 0 Å². The van der Waals surface area contributed by atoms with Crippen molar-refractivity contribution in [3.05, 3.63) is 56.9 Å². The molecule has 0 aliphatic carbocycles. The van der Waals surface area contributed by atoms with Gasteiger partial charge in [0.05, 0.1) is 5.39 Å². The topological polar surface area (TPSA) is 87.4 Å². The molecule has 1 aliphatic heterocycles. The number of benzene rings is 1. The summed E-state index contributed by atoms with van der Waals surface area (Å²) < 4.78 is 6.65. The first kappa shape index (κ1) is 16.7. The van der Waals surface area contributed by atoms with Gasteiger partial charge in [-0.2, -0.15) is 0 Å². The molecule has 0 bridgehead atoms. The second-order valence-electron chi connectivity index (χ2n) is 6.76. The van der Waals surface area contributed by atoms with Gasteiger partial charge in [-0.05, 0) is 31.7 Å². The summed E-state index contributed by atoms with van der Waals surface area (Å²) >= 11 is 0. The van der Waals surface area contributed by atoms with E-state index in [1.165, 1.54) is 16.8 Å². The van der Waals surface area contributed by atoms with Crippen molar-refractivity contribution in [1.29, 1.82) is 0 Å². The lowest BCUT2D eigenvalue weighted by molar-refractivity contribution is 0.119. The van der Waals surface area contributed by atoms with Gasteiger partial charge in [0, 0.05) is 44.5 Å². The van der Waals surface area contributed by atoms with Crippen molar-refractivity contribution in [2.24, 2.45) is 0 Å². The quantitative estimate of drug-likeness (QED) is 0.753. The van der Waals surface area contributed by atoms with Crippen molar-refractivity contribution < 1.29 is 4.52 Å². The first-order valence-electron chi connectivity index (χ1n) is 8.67. The van der Waals surface area contributed by atoms with Crippen LogP contribution in [0.1, 0.15) is 18.5 Å². The molecule has 26 heavy (non-hydrogen) atoms. The SMILES string of the molecule is CC(c1ccc2onc(-n3ccc(=O)[nH]c3=O)c2c1)N1CCN(C)CC1. The van der Waals surface area contributed by atoms with Gasteiger partial charge in [-0.15, -0.1) is 0 Å². The molecule has 1 aromatic carbocycles. The van der Waals surface area contributed by atoms with Gasteiger partial charge >= 0.3 is 5.69 Å². The number of nitrogens with zero attached hydrogens (tertiary/aromatic N) is 4. The first-order chi connectivity index (χ1) is 12.5. The minimum Gasteiger partial charge on any atom is -0.354 e. The van der Waals surface area contributed by atoms with Gasteiger partial charge in [-0.3, -0.25) is 14.7 Å². The highest BCUT2D eigenvalue weighted by Gasteiger charge is 2.21. The second-order valence-corrected chi connectivity index (χ2v) is 6.76. The molecule has 8 heteroatoms. The predicted octanol–water partition coefficient (Wildman–Crippen LogP) is 0.975. The minimum absolute atomic E-state index is 0.253. The first-order valence-corrected chi connectivity index (χ1v) is 8.67. The molecule has 136 valence electrons. The number of aromatic nitrogens is 3. The van der Waals surface area contributed by atoms with Crippen LogP contribution in [0.2, 0.25) is 0 Å². The summed E-state index contributed by atoms with van der Waals surface area (Å²) in [6, 6.07) is 7.48. The second kappa shape index (κ2) is 6.54. The largest absolute Gasteiger partial charge is 0.354 e. The van der Waals surface area contributed by atoms with E-state index >= 15 is 0 Å². The highest BCUT2D eigenvalue weighted by molar-refractivity contribution is 5.84. The normalized spacial score (nSPS) is 17.6. The highest BCUT2D eigenvalue weighted by Crippen LogP contribution is 2.28. The van der Waals surface area contributed by atoms with Crippen LogP contribution < -0.4 is 11.2 Å². The van der Waals surface area contributed by atoms with E-state index in [1.807, 2.05) is 18.2 Å². The zero-order valence-electron chi connectivity index (χ0n) is 14.8. The summed E-state index contributed by atoms with van der Waals surface area (Å²) in [6.07, 6.45) is 1.41. The highest BCUT2D eigenvalue weighted by atomic mass is 16.5. The Morgan fingerprint density at radius 1 is 1.15 bits per heavy atom. The third-order valence-electron chi connectivity index (χ3n) is 5.10. The number of hydrogen-bond acceptors (Lipinski definition) is 6. The van der Waals surface area contributed by atoms with Crippen LogP contribution >= 0.6 is 0 Å². The molecule has 0 amide bonds. The Kier molecular flexibility index (Phi) is 4.21. The fraction of sp³-hybridized carbons (Fsp3) is 0.389. The molecule has 2 aromatic heterocycles. The fourth-order valence-electron chi connectivity index (χ4n) is 3.38. The maximum Gasteiger partial charge on any atom is 0.334 e. The van der Waals surface area contributed by atoms with Crippen LogP contribution in [0.15, 0.2) is 44.6 Å². The Balaban J connectivity index is 1.73. The van der Waals surface area contributed by atoms with Crippen LogP contribution in [0.5, 0.6) is 0 Å². The monoisotopic (exact) mass is 355 g/mol. The summed E-state index contributed by atoms with van der Waals surface area (Å²) in [5.41, 5.74) is 0.769. The molecular weight excluding hydrogens is 334 g/mol. The molecule has 1 saturated heterocycles. The average Bonchev–Trinajstić information content (AvgIpc) is 3.05. The smallest absolute Gasteiger partial charge is 0.334 e. The van der Waals surface area contributed by atoms with Crippen molar-refractivity contribution in [2.75, 3.05) is 33.2 Å². The molecule has 0 radical (unpaired) electrons. The molecule has 1 N–H and O–H groups in total. The van der Waals surface area contributed by atoms with Gasteiger partial charge in [0.2, 0.25) is 0 Å². The minimum atomic E-state index is -0.537. The lowest BCUT2D eigenvalue weighted by Crippen LogP contribution is -2.45. The third-order valence-corrected chi connectivity index (χ3v) is 5.10. The number of rotatable bonds is 3. The van der Waals surface area contributed by atoms with Gasteiger partial charge in [0.25, 0.3) is 5.56 Å². The summed E-state index contributed by atoms with van der Waals surface area (Å²) in [4.78, 5) is 30.4. The molecule has 8 nitrogen and oxygen atoms in total. The Labute approximate surface area is 149 Å². The van der Waals surface area contributed by atoms with Crippen LogP contribution in [0.25, 0.3) is 16.8 Å². The molecular formula is C18H21N5O3. The Bertz CT molecular complexity index is 1040. The zero-order valence-corrected chi connectivity index (χ0v) is 14.8. The number of likely N-dealkylation sites (N-methyl/N-ethyl adjacent to an activating group) is 1. The van der Waals surface area contributed by atoms with Gasteiger partial charge in [-0.25, -0.2) is 9.36 Å². The average molecular weight is 355 g/mol. The summed E-state index contributed by atoms with van der Waals surface area (Å²) in [5.74, 6) is 0.383. The Hall–Kier alpha value is -2.71. The fourth-order valence-corrected chi connectivity index (χ4v) is 3.38. The van der Waals surface area contributed by atoms with Crippen LogP contribution in [-0.2, 0) is 0 Å². The molecule has 1 unspecified atom stereocenters. The lowest BCUT2D eigenvalue weighted by Gasteiger charge is -2.36. The van der Waals surface area contributed by atoms with Crippen LogP contribution in [0, 0.1) is 0 Å². The summed E-state index contributed by atoms with van der Waals surface area (Å²) in [5, 5.41) is 4.77. The van der Waals surface area contributed by atoms with E-state index in [0.717, 1.165) is 37.1 Å². The van der Waals surface area contributed by atoms with Crippen molar-refractivity contribution in [2.45, 2.75) is 13.0 Å². The molecule has 1 fully saturated rings. The molecule has 1 aliphatic rings. The summed E-state index contributed by atoms with van der Waals surface area (Å²) in [6.45, 7) is 6.33. The molecule has 3 aromatic rings. The zero-order chi connectivity index (χ0) is 18.3. The molecule has 4 rings (SSSR count). The molecule has 0 spiro atoms. The Morgan fingerprint density at radius 3 is 2.65 bits per heavy atom. The number of aromatic amines is 1. The van der Waals surface area contributed by atoms with E-state index < -0.39 is 11.2 Å². The number of piperazine rings is 1. The van der Waals surface area contributed by atoms with E-state index in [4.69, 9.17) is 4.52 Å². The molecule has 0 saturated carbocycles. The maximum absolute atomic E-state index is 12.1. The van der Waals surface area contributed by atoms with E-state index in [2.05, 4.69) is 33.9 Å². The molecule has 1 atom stereocenters. The van der Waals surface area contributed by atoms with E-state index in [0.29, 0.717) is 11.4 Å². The van der Waals surface area contributed by atoms with Gasteiger partial charge in [0.1, 0.15) is 0 Å². The maximum atomic E-state index is 12.1. The van der Waals surface area contributed by atoms with Crippen molar-refractivity contribution >= 4 is 11.0 Å². The van der Waals surface area contributed by atoms with Crippen molar-refractivity contribution in [1.82, 2.24) is 24.5 Å². The third kappa shape index (κ3) is 2.97. The van der Waals surface area contributed by atoms with E-state index in [1.54, 1.807) is 0 Å². The van der Waals surface area contributed by atoms with Crippen LogP contribution in [-0.4, -0.2) is 57.7 Å².